The average Bonchev–Trinajstić information content (AvgIpc) is 2.25. The van der Waals surface area contributed by atoms with Crippen molar-refractivity contribution in [1.82, 2.24) is 4.72 Å². The fourth-order valence-corrected chi connectivity index (χ4v) is 2.81. The van der Waals surface area contributed by atoms with Gasteiger partial charge in [0.25, 0.3) is 0 Å². The van der Waals surface area contributed by atoms with Crippen LogP contribution in [0.5, 0.6) is 0 Å². The van der Waals surface area contributed by atoms with E-state index in [1.54, 1.807) is 0 Å². The molecule has 0 saturated heterocycles. The number of nitrogens with one attached hydrogen (secondary N) is 1. The maximum atomic E-state index is 12.4. The predicted octanol–water partition coefficient (Wildman–Crippen LogP) is 2.42. The lowest BCUT2D eigenvalue weighted by Gasteiger charge is -2.09. The number of alkyl halides is 4. The molecule has 0 fully saturated rings. The van der Waals surface area contributed by atoms with Crippen LogP contribution in [-0.4, -0.2) is 19.4 Å². The van der Waals surface area contributed by atoms with Gasteiger partial charge >= 0.3 is 6.18 Å². The van der Waals surface area contributed by atoms with E-state index in [-0.39, 0.29) is 11.4 Å². The molecular formula is C9H9F3INO2S. The second-order valence-corrected chi connectivity index (χ2v) is 5.96. The van der Waals surface area contributed by atoms with Crippen LogP contribution in [0, 0.1) is 0 Å². The number of hydrogen-bond donors (Lipinski definition) is 1. The lowest BCUT2D eigenvalue weighted by atomic mass is 10.2. The molecule has 3 nitrogen and oxygen atoms in total. The Kier molecular flexibility index (Phi) is 4.78. The molecule has 1 rings (SSSR count). The van der Waals surface area contributed by atoms with E-state index < -0.39 is 21.8 Å². The van der Waals surface area contributed by atoms with Crippen molar-refractivity contribution in [2.45, 2.75) is 11.1 Å². The highest BCUT2D eigenvalue weighted by Gasteiger charge is 2.31. The van der Waals surface area contributed by atoms with E-state index in [2.05, 4.69) is 4.72 Å². The number of sulfonamides is 1. The van der Waals surface area contributed by atoms with Gasteiger partial charge in [0.05, 0.1) is 10.5 Å². The fraction of sp³-hybridized carbons (Fsp3) is 0.333. The Bertz CT molecular complexity index is 487. The summed E-state index contributed by atoms with van der Waals surface area (Å²) in [6.07, 6.45) is -4.55. The van der Waals surface area contributed by atoms with Crippen molar-refractivity contribution >= 4 is 32.6 Å². The zero-order chi connectivity index (χ0) is 13.1. The third kappa shape index (κ3) is 4.11. The quantitative estimate of drug-likeness (QED) is 0.645. The van der Waals surface area contributed by atoms with Crippen LogP contribution >= 0.6 is 22.6 Å². The lowest BCUT2D eigenvalue weighted by molar-refractivity contribution is -0.137. The number of hydrogen-bond acceptors (Lipinski definition) is 2. The topological polar surface area (TPSA) is 46.2 Å². The molecule has 0 unspecified atom stereocenters. The van der Waals surface area contributed by atoms with E-state index in [9.17, 15) is 21.6 Å². The number of rotatable bonds is 4. The maximum Gasteiger partial charge on any atom is 0.416 e. The average molecular weight is 379 g/mol. The van der Waals surface area contributed by atoms with E-state index in [0.29, 0.717) is 10.5 Å². The third-order valence-electron chi connectivity index (χ3n) is 1.86. The molecule has 0 aliphatic heterocycles. The molecule has 0 aliphatic carbocycles. The van der Waals surface area contributed by atoms with Gasteiger partial charge in [-0.15, -0.1) is 0 Å². The molecule has 0 amide bonds. The first-order valence-corrected chi connectivity index (χ1v) is 7.51. The standard InChI is InChI=1S/C9H9F3INO2S/c10-9(11,12)7-2-1-3-8(6-7)17(15,16)14-5-4-13/h1-3,6,14H,4-5H2. The highest BCUT2D eigenvalue weighted by molar-refractivity contribution is 14.1. The molecule has 0 atom stereocenters. The Morgan fingerprint density at radius 3 is 2.47 bits per heavy atom. The molecule has 0 saturated carbocycles. The summed E-state index contributed by atoms with van der Waals surface area (Å²) in [6.45, 7) is 0.180. The summed E-state index contributed by atoms with van der Waals surface area (Å²) in [5, 5.41) is 0. The summed E-state index contributed by atoms with van der Waals surface area (Å²) < 4.78 is 63.1. The molecule has 0 heterocycles. The van der Waals surface area contributed by atoms with Gasteiger partial charge in [0, 0.05) is 11.0 Å². The second kappa shape index (κ2) is 5.53. The first-order chi connectivity index (χ1) is 7.77. The van der Waals surface area contributed by atoms with E-state index >= 15 is 0 Å². The summed E-state index contributed by atoms with van der Waals surface area (Å²) in [5.41, 5.74) is -0.977. The zero-order valence-corrected chi connectivity index (χ0v) is 11.4. The van der Waals surface area contributed by atoms with Crippen LogP contribution in [0.1, 0.15) is 5.56 Å². The fourth-order valence-electron chi connectivity index (χ4n) is 1.10. The largest absolute Gasteiger partial charge is 0.416 e. The van der Waals surface area contributed by atoms with E-state index in [1.165, 1.54) is 0 Å². The van der Waals surface area contributed by atoms with Crippen molar-refractivity contribution in [1.29, 1.82) is 0 Å². The first-order valence-electron chi connectivity index (χ1n) is 4.50. The number of halogens is 4. The van der Waals surface area contributed by atoms with Crippen molar-refractivity contribution in [2.75, 3.05) is 11.0 Å². The van der Waals surface area contributed by atoms with E-state index in [4.69, 9.17) is 0 Å². The SMILES string of the molecule is O=S(=O)(NCCI)c1cccc(C(F)(F)F)c1. The summed E-state index contributed by atoms with van der Waals surface area (Å²) in [6, 6.07) is 3.65. The Balaban J connectivity index is 3.08. The highest BCUT2D eigenvalue weighted by Crippen LogP contribution is 2.30. The molecule has 1 aromatic carbocycles. The molecule has 96 valence electrons. The van der Waals surface area contributed by atoms with Crippen LogP contribution in [0.3, 0.4) is 0 Å². The van der Waals surface area contributed by atoms with Crippen molar-refractivity contribution in [2.24, 2.45) is 0 Å². The van der Waals surface area contributed by atoms with Crippen LogP contribution in [0.2, 0.25) is 0 Å². The Morgan fingerprint density at radius 1 is 1.29 bits per heavy atom. The lowest BCUT2D eigenvalue weighted by Crippen LogP contribution is -2.25. The summed E-state index contributed by atoms with van der Waals surface area (Å²) in [4.78, 5) is -0.378. The van der Waals surface area contributed by atoms with Gasteiger partial charge in [0.15, 0.2) is 0 Å². The van der Waals surface area contributed by atoms with Crippen LogP contribution in [0.4, 0.5) is 13.2 Å². The predicted molar refractivity (Wildman–Crippen MR) is 65.5 cm³/mol. The summed E-state index contributed by atoms with van der Waals surface area (Å²) in [7, 11) is -3.86. The van der Waals surface area contributed by atoms with Gasteiger partial charge in [-0.05, 0) is 18.2 Å². The van der Waals surface area contributed by atoms with Crippen molar-refractivity contribution in [3.05, 3.63) is 29.8 Å². The normalized spacial score (nSPS) is 12.7. The first kappa shape index (κ1) is 14.7. The summed E-state index contributed by atoms with van der Waals surface area (Å²) in [5.74, 6) is 0. The van der Waals surface area contributed by atoms with E-state index in [1.807, 2.05) is 22.6 Å². The van der Waals surface area contributed by atoms with Crippen LogP contribution in [0.25, 0.3) is 0 Å². The molecule has 0 aliphatic rings. The Morgan fingerprint density at radius 2 is 1.94 bits per heavy atom. The number of benzene rings is 1. The minimum absolute atomic E-state index is 0.180. The molecule has 0 bridgehead atoms. The van der Waals surface area contributed by atoms with Crippen molar-refractivity contribution in [3.63, 3.8) is 0 Å². The molecule has 17 heavy (non-hydrogen) atoms. The van der Waals surface area contributed by atoms with Crippen LogP contribution in [0.15, 0.2) is 29.2 Å². The van der Waals surface area contributed by atoms with Crippen LogP contribution in [-0.2, 0) is 16.2 Å². The van der Waals surface area contributed by atoms with Crippen LogP contribution < -0.4 is 4.72 Å². The van der Waals surface area contributed by atoms with Gasteiger partial charge in [0.2, 0.25) is 10.0 Å². The second-order valence-electron chi connectivity index (χ2n) is 3.11. The summed E-state index contributed by atoms with van der Waals surface area (Å²) >= 11 is 1.96. The highest BCUT2D eigenvalue weighted by atomic mass is 127. The van der Waals surface area contributed by atoms with Gasteiger partial charge in [-0.3, -0.25) is 0 Å². The third-order valence-corrected chi connectivity index (χ3v) is 3.86. The molecule has 0 spiro atoms. The Labute approximate surface area is 111 Å². The van der Waals surface area contributed by atoms with Gasteiger partial charge in [-0.2, -0.15) is 13.2 Å². The molecule has 0 aromatic heterocycles. The minimum atomic E-state index is -4.55. The molecule has 1 N–H and O–H groups in total. The van der Waals surface area contributed by atoms with Gasteiger partial charge in [0.1, 0.15) is 0 Å². The molecule has 8 heteroatoms. The molecule has 0 radical (unpaired) electrons. The molecular weight excluding hydrogens is 370 g/mol. The molecule has 1 aromatic rings. The maximum absolute atomic E-state index is 12.4. The zero-order valence-electron chi connectivity index (χ0n) is 8.46. The van der Waals surface area contributed by atoms with Crippen molar-refractivity contribution in [3.8, 4) is 0 Å². The smallest absolute Gasteiger partial charge is 0.210 e. The van der Waals surface area contributed by atoms with E-state index in [0.717, 1.165) is 18.2 Å². The van der Waals surface area contributed by atoms with Gasteiger partial charge in [-0.1, -0.05) is 28.7 Å². The Hall–Kier alpha value is -0.350. The van der Waals surface area contributed by atoms with Crippen molar-refractivity contribution < 1.29 is 21.6 Å². The van der Waals surface area contributed by atoms with Gasteiger partial charge in [-0.25, -0.2) is 13.1 Å². The monoisotopic (exact) mass is 379 g/mol. The van der Waals surface area contributed by atoms with Gasteiger partial charge < -0.3 is 0 Å². The minimum Gasteiger partial charge on any atom is -0.210 e.